The highest BCUT2D eigenvalue weighted by Gasteiger charge is 2.23. The van der Waals surface area contributed by atoms with E-state index in [9.17, 15) is 4.79 Å². The Labute approximate surface area is 153 Å². The average molecular weight is 359 g/mol. The van der Waals surface area contributed by atoms with Gasteiger partial charge in [0.2, 0.25) is 5.91 Å². The Kier molecular flexibility index (Phi) is 6.48. The van der Waals surface area contributed by atoms with Gasteiger partial charge in [0.1, 0.15) is 5.75 Å². The van der Waals surface area contributed by atoms with Crippen LogP contribution in [0.2, 0.25) is 0 Å². The predicted molar refractivity (Wildman–Crippen MR) is 102 cm³/mol. The zero-order chi connectivity index (χ0) is 17.5. The van der Waals surface area contributed by atoms with E-state index in [0.29, 0.717) is 19.0 Å². The molecule has 0 unspecified atom stereocenters. The first-order chi connectivity index (χ1) is 12.3. The number of hydrogen-bond donors (Lipinski definition) is 1. The van der Waals surface area contributed by atoms with Crippen LogP contribution >= 0.6 is 11.3 Å². The summed E-state index contributed by atoms with van der Waals surface area (Å²) in [5.74, 6) is 0.885. The van der Waals surface area contributed by atoms with Crippen molar-refractivity contribution in [3.63, 3.8) is 0 Å². The number of carbonyl (C=O) groups excluding carboxylic acids is 1. The number of hydrogen-bond acceptors (Lipinski definition) is 4. The minimum Gasteiger partial charge on any atom is -0.497 e. The number of ether oxygens (including phenoxy) is 1. The average Bonchev–Trinajstić information content (AvgIpc) is 3.18. The van der Waals surface area contributed by atoms with E-state index in [4.69, 9.17) is 4.74 Å². The molecule has 1 aromatic carbocycles. The molecular formula is C20H26N2O2S. The molecule has 1 aromatic heterocycles. The van der Waals surface area contributed by atoms with Gasteiger partial charge in [0.15, 0.2) is 0 Å². The van der Waals surface area contributed by atoms with E-state index in [1.807, 2.05) is 24.3 Å². The topological polar surface area (TPSA) is 41.6 Å². The quantitative estimate of drug-likeness (QED) is 0.821. The van der Waals surface area contributed by atoms with Gasteiger partial charge in [0, 0.05) is 11.4 Å². The largest absolute Gasteiger partial charge is 0.497 e. The Morgan fingerprint density at radius 2 is 1.96 bits per heavy atom. The number of thiophene rings is 1. The van der Waals surface area contributed by atoms with E-state index in [-0.39, 0.29) is 5.91 Å². The third-order valence-corrected chi connectivity index (χ3v) is 5.69. The number of likely N-dealkylation sites (tertiary alicyclic amines) is 1. The Morgan fingerprint density at radius 3 is 2.60 bits per heavy atom. The van der Waals surface area contributed by atoms with Gasteiger partial charge in [-0.05, 0) is 55.1 Å². The SMILES string of the molecule is COc1ccc(CC(=O)NC[C@@H](c2cccs2)N2CCCCC2)cc1. The van der Waals surface area contributed by atoms with Crippen molar-refractivity contribution in [3.05, 3.63) is 52.2 Å². The summed E-state index contributed by atoms with van der Waals surface area (Å²) in [7, 11) is 1.65. The van der Waals surface area contributed by atoms with Crippen molar-refractivity contribution in [2.75, 3.05) is 26.7 Å². The molecular weight excluding hydrogens is 332 g/mol. The summed E-state index contributed by atoms with van der Waals surface area (Å²) in [6.45, 7) is 2.92. The standard InChI is InChI=1S/C20H26N2O2S/c1-24-17-9-7-16(8-10-17)14-20(23)21-15-18(19-6-5-13-25-19)22-11-3-2-4-12-22/h5-10,13,18H,2-4,11-12,14-15H2,1H3,(H,21,23)/t18-/m0/s1. The maximum atomic E-state index is 12.4. The van der Waals surface area contributed by atoms with Crippen molar-refractivity contribution in [3.8, 4) is 5.75 Å². The molecule has 5 heteroatoms. The molecule has 134 valence electrons. The van der Waals surface area contributed by atoms with E-state index in [0.717, 1.165) is 24.4 Å². The molecule has 1 atom stereocenters. The van der Waals surface area contributed by atoms with Crippen molar-refractivity contribution in [2.24, 2.45) is 0 Å². The third kappa shape index (κ3) is 5.06. The normalized spacial score (nSPS) is 16.4. The fraction of sp³-hybridized carbons (Fsp3) is 0.450. The maximum Gasteiger partial charge on any atom is 0.224 e. The van der Waals surface area contributed by atoms with Gasteiger partial charge in [0.25, 0.3) is 0 Å². The zero-order valence-corrected chi connectivity index (χ0v) is 15.6. The van der Waals surface area contributed by atoms with E-state index >= 15 is 0 Å². The Hall–Kier alpha value is -1.85. The fourth-order valence-electron chi connectivity index (χ4n) is 3.32. The third-order valence-electron chi connectivity index (χ3n) is 4.72. The second kappa shape index (κ2) is 9.02. The van der Waals surface area contributed by atoms with Crippen LogP contribution in [0.15, 0.2) is 41.8 Å². The molecule has 0 radical (unpaired) electrons. The molecule has 1 N–H and O–H groups in total. The summed E-state index contributed by atoms with van der Waals surface area (Å²) >= 11 is 1.78. The van der Waals surface area contributed by atoms with E-state index in [2.05, 4.69) is 27.7 Å². The number of benzene rings is 1. The fourth-order valence-corrected chi connectivity index (χ4v) is 4.18. The molecule has 3 rings (SSSR count). The molecule has 0 aliphatic carbocycles. The van der Waals surface area contributed by atoms with Crippen molar-refractivity contribution in [2.45, 2.75) is 31.7 Å². The Balaban J connectivity index is 1.57. The number of carbonyl (C=O) groups is 1. The van der Waals surface area contributed by atoms with Gasteiger partial charge in [-0.25, -0.2) is 0 Å². The van der Waals surface area contributed by atoms with Gasteiger partial charge < -0.3 is 10.1 Å². The van der Waals surface area contributed by atoms with Gasteiger partial charge in [-0.15, -0.1) is 11.3 Å². The first-order valence-corrected chi connectivity index (χ1v) is 9.81. The first kappa shape index (κ1) is 18.0. The highest BCUT2D eigenvalue weighted by atomic mass is 32.1. The second-order valence-corrected chi connectivity index (χ2v) is 7.44. The van der Waals surface area contributed by atoms with Crippen molar-refractivity contribution in [1.82, 2.24) is 10.2 Å². The number of amides is 1. The van der Waals surface area contributed by atoms with Crippen LogP contribution in [0.4, 0.5) is 0 Å². The second-order valence-electron chi connectivity index (χ2n) is 6.46. The minimum atomic E-state index is 0.0729. The van der Waals surface area contributed by atoms with Gasteiger partial charge in [-0.3, -0.25) is 9.69 Å². The van der Waals surface area contributed by atoms with Crippen LogP contribution in [0, 0.1) is 0 Å². The van der Waals surface area contributed by atoms with Crippen molar-refractivity contribution >= 4 is 17.2 Å². The first-order valence-electron chi connectivity index (χ1n) is 8.93. The van der Waals surface area contributed by atoms with Crippen molar-refractivity contribution < 1.29 is 9.53 Å². The van der Waals surface area contributed by atoms with E-state index < -0.39 is 0 Å². The van der Waals surface area contributed by atoms with E-state index in [1.54, 1.807) is 18.4 Å². The molecule has 0 bridgehead atoms. The molecule has 1 saturated heterocycles. The van der Waals surface area contributed by atoms with Crippen molar-refractivity contribution in [1.29, 1.82) is 0 Å². The van der Waals surface area contributed by atoms with Crippen LogP contribution in [0.25, 0.3) is 0 Å². The van der Waals surface area contributed by atoms with Crippen LogP contribution in [-0.4, -0.2) is 37.6 Å². The summed E-state index contributed by atoms with van der Waals surface area (Å²) < 4.78 is 5.16. The van der Waals surface area contributed by atoms with Crippen LogP contribution in [0.3, 0.4) is 0 Å². The smallest absolute Gasteiger partial charge is 0.224 e. The summed E-state index contributed by atoms with van der Waals surface area (Å²) in [6, 6.07) is 12.2. The van der Waals surface area contributed by atoms with Gasteiger partial charge in [0.05, 0.1) is 19.6 Å². The van der Waals surface area contributed by atoms with Gasteiger partial charge in [-0.2, -0.15) is 0 Å². The monoisotopic (exact) mass is 358 g/mol. The zero-order valence-electron chi connectivity index (χ0n) is 14.7. The van der Waals surface area contributed by atoms with E-state index in [1.165, 1.54) is 24.1 Å². The lowest BCUT2D eigenvalue weighted by molar-refractivity contribution is -0.120. The molecule has 2 aromatic rings. The molecule has 1 fully saturated rings. The lowest BCUT2D eigenvalue weighted by Crippen LogP contribution is -2.40. The van der Waals surface area contributed by atoms with Crippen LogP contribution in [0.5, 0.6) is 5.75 Å². The van der Waals surface area contributed by atoms with Crippen LogP contribution < -0.4 is 10.1 Å². The molecule has 4 nitrogen and oxygen atoms in total. The molecule has 2 heterocycles. The Morgan fingerprint density at radius 1 is 1.20 bits per heavy atom. The highest BCUT2D eigenvalue weighted by Crippen LogP contribution is 2.27. The molecule has 0 spiro atoms. The molecule has 1 amide bonds. The van der Waals surface area contributed by atoms with Crippen LogP contribution in [-0.2, 0) is 11.2 Å². The molecule has 0 saturated carbocycles. The lowest BCUT2D eigenvalue weighted by Gasteiger charge is -2.34. The molecule has 25 heavy (non-hydrogen) atoms. The number of nitrogens with zero attached hydrogens (tertiary/aromatic N) is 1. The number of nitrogens with one attached hydrogen (secondary N) is 1. The summed E-state index contributed by atoms with van der Waals surface area (Å²) in [4.78, 5) is 16.2. The summed E-state index contributed by atoms with van der Waals surface area (Å²) in [6.07, 6.45) is 4.22. The highest BCUT2D eigenvalue weighted by molar-refractivity contribution is 7.10. The lowest BCUT2D eigenvalue weighted by atomic mass is 10.1. The summed E-state index contributed by atoms with van der Waals surface area (Å²) in [5.41, 5.74) is 1.00. The number of piperidine rings is 1. The Bertz CT molecular complexity index is 649. The van der Waals surface area contributed by atoms with Gasteiger partial charge >= 0.3 is 0 Å². The molecule has 1 aliphatic rings. The summed E-state index contributed by atoms with van der Waals surface area (Å²) in [5, 5.41) is 5.26. The predicted octanol–water partition coefficient (Wildman–Crippen LogP) is 3.64. The maximum absolute atomic E-state index is 12.4. The van der Waals surface area contributed by atoms with Gasteiger partial charge in [-0.1, -0.05) is 24.6 Å². The van der Waals surface area contributed by atoms with Crippen LogP contribution in [0.1, 0.15) is 35.7 Å². The minimum absolute atomic E-state index is 0.0729. The molecule has 1 aliphatic heterocycles. The number of methoxy groups -OCH3 is 1. The number of rotatable bonds is 7.